The van der Waals surface area contributed by atoms with Gasteiger partial charge in [0.25, 0.3) is 0 Å². The lowest BCUT2D eigenvalue weighted by atomic mass is 9.67. The first kappa shape index (κ1) is 29.4. The van der Waals surface area contributed by atoms with E-state index >= 15 is 0 Å². The van der Waals surface area contributed by atoms with Crippen LogP contribution in [0.15, 0.2) is 48.5 Å². The number of amides is 2. The van der Waals surface area contributed by atoms with Crippen LogP contribution in [-0.2, 0) is 14.4 Å². The number of carboxylic acid groups (broad SMARTS) is 1. The van der Waals surface area contributed by atoms with E-state index in [1.165, 1.54) is 0 Å². The third-order valence-electron chi connectivity index (χ3n) is 8.28. The van der Waals surface area contributed by atoms with Crippen LogP contribution in [0.4, 0.5) is 0 Å². The highest BCUT2D eigenvalue weighted by Gasteiger charge is 2.52. The first-order chi connectivity index (χ1) is 18.5. The van der Waals surface area contributed by atoms with E-state index in [4.69, 9.17) is 23.2 Å². The molecule has 2 saturated heterocycles. The molecule has 0 spiro atoms. The summed E-state index contributed by atoms with van der Waals surface area (Å²) in [6, 6.07) is 14.8. The zero-order valence-corrected chi connectivity index (χ0v) is 24.3. The number of piperidine rings is 1. The fraction of sp³-hybridized carbons (Fsp3) is 0.500. The number of carbonyl (C=O) groups is 3. The van der Waals surface area contributed by atoms with Gasteiger partial charge in [-0.25, -0.2) is 0 Å². The monoisotopic (exact) mass is 573 g/mol. The number of likely N-dealkylation sites (tertiary alicyclic amines) is 1. The summed E-state index contributed by atoms with van der Waals surface area (Å²) in [5.74, 6) is -1.23. The fourth-order valence-corrected chi connectivity index (χ4v) is 6.56. The van der Waals surface area contributed by atoms with Gasteiger partial charge in [0.15, 0.2) is 0 Å². The number of carbonyl (C=O) groups excluding carboxylic acids is 2. The molecule has 2 aromatic carbocycles. The van der Waals surface area contributed by atoms with E-state index in [0.29, 0.717) is 42.5 Å². The first-order valence-corrected chi connectivity index (χ1v) is 14.3. The molecule has 210 valence electrons. The molecular formula is C30H37Cl2N3O4. The summed E-state index contributed by atoms with van der Waals surface area (Å²) in [6.45, 7) is 8.85. The number of nitrogens with zero attached hydrogens (tertiary/aromatic N) is 3. The van der Waals surface area contributed by atoms with Gasteiger partial charge in [0.2, 0.25) is 11.8 Å². The summed E-state index contributed by atoms with van der Waals surface area (Å²) < 4.78 is 0. The normalized spacial score (nSPS) is 25.0. The number of benzene rings is 2. The van der Waals surface area contributed by atoms with Crippen LogP contribution in [0.5, 0.6) is 0 Å². The summed E-state index contributed by atoms with van der Waals surface area (Å²) in [4.78, 5) is 44.4. The molecule has 4 rings (SSSR count). The molecule has 1 N–H and O–H groups in total. The van der Waals surface area contributed by atoms with Crippen LogP contribution in [0.3, 0.4) is 0 Å². The maximum absolute atomic E-state index is 14.4. The highest BCUT2D eigenvalue weighted by atomic mass is 35.5. The van der Waals surface area contributed by atoms with Crippen molar-refractivity contribution in [2.75, 3.05) is 32.7 Å². The summed E-state index contributed by atoms with van der Waals surface area (Å²) in [5.41, 5.74) is 0.846. The molecule has 4 atom stereocenters. The highest BCUT2D eigenvalue weighted by molar-refractivity contribution is 6.30. The minimum Gasteiger partial charge on any atom is -0.481 e. The third-order valence-corrected chi connectivity index (χ3v) is 8.77. The molecule has 2 heterocycles. The van der Waals surface area contributed by atoms with Crippen molar-refractivity contribution in [3.63, 3.8) is 0 Å². The van der Waals surface area contributed by atoms with Gasteiger partial charge in [-0.1, -0.05) is 61.3 Å². The van der Waals surface area contributed by atoms with Crippen LogP contribution in [0.25, 0.3) is 0 Å². The second-order valence-corrected chi connectivity index (χ2v) is 11.9. The maximum atomic E-state index is 14.4. The molecule has 0 saturated carbocycles. The molecule has 39 heavy (non-hydrogen) atoms. The zero-order chi connectivity index (χ0) is 28.3. The molecule has 2 aliphatic heterocycles. The van der Waals surface area contributed by atoms with E-state index in [1.807, 2.05) is 58.3 Å². The molecule has 0 aromatic heterocycles. The summed E-state index contributed by atoms with van der Waals surface area (Å²) in [7, 11) is 0. The number of piperazine rings is 1. The number of aliphatic carboxylic acids is 1. The van der Waals surface area contributed by atoms with Crippen LogP contribution >= 0.6 is 23.2 Å². The van der Waals surface area contributed by atoms with Crippen molar-refractivity contribution in [1.82, 2.24) is 14.7 Å². The van der Waals surface area contributed by atoms with E-state index < -0.39 is 11.4 Å². The SMILES string of the molecule is CC[C@@H](CN1CCN(C(C)=O)CC1)N1C(=O)[C@@](C)(CC(=O)O)CC(c2cccc(Cl)c2)[C@H]1c1ccc(Cl)cc1. The van der Waals surface area contributed by atoms with Crippen LogP contribution in [0.2, 0.25) is 10.0 Å². The largest absolute Gasteiger partial charge is 0.481 e. The molecule has 2 aromatic rings. The molecule has 0 aliphatic carbocycles. The van der Waals surface area contributed by atoms with Crippen molar-refractivity contribution in [3.05, 3.63) is 69.7 Å². The van der Waals surface area contributed by atoms with E-state index in [1.54, 1.807) is 13.8 Å². The standard InChI is InChI=1S/C30H37Cl2N3O4/c1-4-25(19-33-12-14-34(15-13-33)20(2)36)35-28(21-8-10-23(31)11-9-21)26(22-6-5-7-24(32)16-22)17-30(3,29(35)39)18-27(37)38/h5-11,16,25-26,28H,4,12-15,17-19H2,1-3H3,(H,37,38)/t25-,26?,28+,30+/m0/s1. The summed E-state index contributed by atoms with van der Waals surface area (Å²) in [5, 5.41) is 11.0. The first-order valence-electron chi connectivity index (χ1n) is 13.6. The number of rotatable bonds is 8. The van der Waals surface area contributed by atoms with Crippen molar-refractivity contribution >= 4 is 41.0 Å². The Labute approximate surface area is 240 Å². The van der Waals surface area contributed by atoms with Crippen LogP contribution in [0, 0.1) is 5.41 Å². The molecule has 0 bridgehead atoms. The molecule has 2 aliphatic rings. The molecule has 1 unspecified atom stereocenters. The Kier molecular flexibility index (Phi) is 9.25. The van der Waals surface area contributed by atoms with Gasteiger partial charge in [0.1, 0.15) is 0 Å². The van der Waals surface area contributed by atoms with Gasteiger partial charge in [0.05, 0.1) is 17.9 Å². The lowest BCUT2D eigenvalue weighted by molar-refractivity contribution is -0.161. The second kappa shape index (κ2) is 12.3. The fourth-order valence-electron chi connectivity index (χ4n) is 6.24. The number of carboxylic acids is 1. The Morgan fingerprint density at radius 2 is 1.69 bits per heavy atom. The maximum Gasteiger partial charge on any atom is 0.304 e. The lowest BCUT2D eigenvalue weighted by Crippen LogP contribution is -2.59. The van der Waals surface area contributed by atoms with Crippen LogP contribution < -0.4 is 0 Å². The Morgan fingerprint density at radius 3 is 2.26 bits per heavy atom. The highest BCUT2D eigenvalue weighted by Crippen LogP contribution is 2.52. The summed E-state index contributed by atoms with van der Waals surface area (Å²) in [6.07, 6.45) is 0.838. The number of halogens is 2. The molecule has 9 heteroatoms. The van der Waals surface area contributed by atoms with Crippen molar-refractivity contribution in [3.8, 4) is 0 Å². The van der Waals surface area contributed by atoms with Crippen LogP contribution in [-0.4, -0.2) is 76.4 Å². The van der Waals surface area contributed by atoms with Gasteiger partial charge in [0, 0.05) is 61.7 Å². The van der Waals surface area contributed by atoms with E-state index in [9.17, 15) is 19.5 Å². The smallest absolute Gasteiger partial charge is 0.304 e. The minimum atomic E-state index is -1.08. The zero-order valence-electron chi connectivity index (χ0n) is 22.8. The van der Waals surface area contributed by atoms with Gasteiger partial charge in [-0.2, -0.15) is 0 Å². The van der Waals surface area contributed by atoms with Crippen molar-refractivity contribution in [1.29, 1.82) is 0 Å². The lowest BCUT2D eigenvalue weighted by Gasteiger charge is -2.52. The third kappa shape index (κ3) is 6.59. The molecule has 7 nitrogen and oxygen atoms in total. The predicted molar refractivity (Wildman–Crippen MR) is 153 cm³/mol. The van der Waals surface area contributed by atoms with E-state index in [0.717, 1.165) is 24.2 Å². The number of hydrogen-bond donors (Lipinski definition) is 1. The average Bonchev–Trinajstić information content (AvgIpc) is 2.89. The Hall–Kier alpha value is -2.61. The molecule has 0 radical (unpaired) electrons. The van der Waals surface area contributed by atoms with Crippen LogP contribution in [0.1, 0.15) is 63.1 Å². The average molecular weight is 575 g/mol. The number of hydrogen-bond acceptors (Lipinski definition) is 4. The molecular weight excluding hydrogens is 537 g/mol. The van der Waals surface area contributed by atoms with Gasteiger partial charge in [-0.3, -0.25) is 19.3 Å². The van der Waals surface area contributed by atoms with Gasteiger partial charge in [-0.15, -0.1) is 0 Å². The quantitative estimate of drug-likeness (QED) is 0.452. The van der Waals surface area contributed by atoms with Gasteiger partial charge >= 0.3 is 5.97 Å². The van der Waals surface area contributed by atoms with Gasteiger partial charge < -0.3 is 14.9 Å². The van der Waals surface area contributed by atoms with Gasteiger partial charge in [-0.05, 0) is 48.2 Å². The Balaban J connectivity index is 1.78. The Morgan fingerprint density at radius 1 is 1.03 bits per heavy atom. The van der Waals surface area contributed by atoms with Crippen molar-refractivity contribution in [2.24, 2.45) is 5.41 Å². The minimum absolute atomic E-state index is 0.0736. The van der Waals surface area contributed by atoms with Crippen molar-refractivity contribution < 1.29 is 19.5 Å². The summed E-state index contributed by atoms with van der Waals surface area (Å²) >= 11 is 12.7. The molecule has 2 fully saturated rings. The topological polar surface area (TPSA) is 81.2 Å². The van der Waals surface area contributed by atoms with Crippen molar-refractivity contribution in [2.45, 2.75) is 58.0 Å². The van der Waals surface area contributed by atoms with E-state index in [2.05, 4.69) is 11.8 Å². The van der Waals surface area contributed by atoms with E-state index in [-0.39, 0.29) is 36.2 Å². The Bertz CT molecular complexity index is 1200. The molecule has 2 amide bonds. The predicted octanol–water partition coefficient (Wildman–Crippen LogP) is 5.47. The second-order valence-electron chi connectivity index (χ2n) is 11.1.